The van der Waals surface area contributed by atoms with E-state index in [1.165, 1.54) is 12.1 Å². The molecule has 0 atom stereocenters. The van der Waals surface area contributed by atoms with Crippen LogP contribution in [0.4, 0.5) is 10.2 Å². The number of piperidine rings is 1. The number of anilines is 1. The van der Waals surface area contributed by atoms with Crippen LogP contribution < -0.4 is 5.32 Å². The highest BCUT2D eigenvalue weighted by Gasteiger charge is 2.23. The minimum Gasteiger partial charge on any atom is -0.373 e. The van der Waals surface area contributed by atoms with Gasteiger partial charge in [-0.05, 0) is 55.8 Å². The van der Waals surface area contributed by atoms with Gasteiger partial charge in [-0.3, -0.25) is 9.88 Å². The van der Waals surface area contributed by atoms with E-state index in [0.29, 0.717) is 5.92 Å². The molecule has 1 fully saturated rings. The number of benzene rings is 1. The van der Waals surface area contributed by atoms with Crippen LogP contribution in [0.15, 0.2) is 54.9 Å². The van der Waals surface area contributed by atoms with Crippen LogP contribution >= 0.6 is 0 Å². The van der Waals surface area contributed by atoms with Crippen LogP contribution in [0.5, 0.6) is 0 Å². The van der Waals surface area contributed by atoms with E-state index < -0.39 is 0 Å². The number of hydrogen-bond donors (Lipinski definition) is 1. The number of halogens is 1. The van der Waals surface area contributed by atoms with Crippen molar-refractivity contribution in [2.75, 3.05) is 25.5 Å². The topological polar surface area (TPSA) is 53.9 Å². The van der Waals surface area contributed by atoms with E-state index in [-0.39, 0.29) is 5.82 Å². The number of rotatable bonds is 5. The largest absolute Gasteiger partial charge is 0.373 e. The average molecular weight is 377 g/mol. The van der Waals surface area contributed by atoms with Crippen molar-refractivity contribution in [3.8, 4) is 11.4 Å². The molecule has 0 spiro atoms. The van der Waals surface area contributed by atoms with Gasteiger partial charge >= 0.3 is 0 Å². The lowest BCUT2D eigenvalue weighted by Gasteiger charge is -2.32. The Labute approximate surface area is 164 Å². The quantitative estimate of drug-likeness (QED) is 0.726. The van der Waals surface area contributed by atoms with Crippen molar-refractivity contribution in [1.82, 2.24) is 19.9 Å². The molecule has 1 N–H and O–H groups in total. The van der Waals surface area contributed by atoms with Crippen molar-refractivity contribution in [1.29, 1.82) is 0 Å². The molecule has 0 radical (unpaired) electrons. The smallest absolute Gasteiger partial charge is 0.161 e. The zero-order chi connectivity index (χ0) is 19.3. The second-order valence-electron chi connectivity index (χ2n) is 7.16. The van der Waals surface area contributed by atoms with Gasteiger partial charge in [0.05, 0.1) is 0 Å². The summed E-state index contributed by atoms with van der Waals surface area (Å²) in [5.41, 5.74) is 3.22. The van der Waals surface area contributed by atoms with Gasteiger partial charge in [-0.15, -0.1) is 0 Å². The second-order valence-corrected chi connectivity index (χ2v) is 7.16. The summed E-state index contributed by atoms with van der Waals surface area (Å²) in [6.07, 6.45) is 5.63. The molecule has 4 rings (SSSR count). The zero-order valence-corrected chi connectivity index (χ0v) is 16.0. The van der Waals surface area contributed by atoms with Crippen LogP contribution in [0.1, 0.15) is 30.0 Å². The number of nitrogens with zero attached hydrogens (tertiary/aromatic N) is 4. The standard InChI is InChI=1S/C22H24FN5/c1-24-21-14-20(26-22(27-21)18-6-10-25-11-7-18)17-8-12-28(13-9-17)15-16-2-4-19(23)5-3-16/h2-7,10-11,14,17H,8-9,12-13,15H2,1H3,(H,24,26,27). The SMILES string of the molecule is CNc1cc(C2CCN(Cc3ccc(F)cc3)CC2)nc(-c2ccncc2)n1. The molecule has 3 aromatic rings. The summed E-state index contributed by atoms with van der Waals surface area (Å²) in [5.74, 6) is 1.81. The Kier molecular flexibility index (Phi) is 5.58. The molecule has 6 heteroatoms. The molecule has 0 amide bonds. The highest BCUT2D eigenvalue weighted by Crippen LogP contribution is 2.30. The maximum absolute atomic E-state index is 13.1. The molecule has 1 aromatic carbocycles. The summed E-state index contributed by atoms with van der Waals surface area (Å²) in [6.45, 7) is 2.87. The fourth-order valence-corrected chi connectivity index (χ4v) is 3.67. The van der Waals surface area contributed by atoms with E-state index in [1.54, 1.807) is 12.4 Å². The van der Waals surface area contributed by atoms with Gasteiger partial charge in [0.15, 0.2) is 5.82 Å². The molecule has 0 saturated carbocycles. The van der Waals surface area contributed by atoms with Crippen LogP contribution in [-0.4, -0.2) is 40.0 Å². The van der Waals surface area contributed by atoms with E-state index in [9.17, 15) is 4.39 Å². The molecule has 1 aliphatic rings. The van der Waals surface area contributed by atoms with Gasteiger partial charge in [-0.1, -0.05) is 12.1 Å². The van der Waals surface area contributed by atoms with Gasteiger partial charge in [0, 0.05) is 49.2 Å². The number of nitrogens with one attached hydrogen (secondary N) is 1. The van der Waals surface area contributed by atoms with Crippen LogP contribution in [0.3, 0.4) is 0 Å². The third-order valence-electron chi connectivity index (χ3n) is 5.27. The first-order valence-corrected chi connectivity index (χ1v) is 9.65. The third kappa shape index (κ3) is 4.34. The Morgan fingerprint density at radius 2 is 1.75 bits per heavy atom. The molecular weight excluding hydrogens is 353 g/mol. The normalized spacial score (nSPS) is 15.5. The van der Waals surface area contributed by atoms with Gasteiger partial charge in [0.2, 0.25) is 0 Å². The highest BCUT2D eigenvalue weighted by molar-refractivity contribution is 5.57. The van der Waals surface area contributed by atoms with Crippen LogP contribution in [0.2, 0.25) is 0 Å². The minimum atomic E-state index is -0.184. The second kappa shape index (κ2) is 8.44. The van der Waals surface area contributed by atoms with Crippen LogP contribution in [0, 0.1) is 5.82 Å². The van der Waals surface area contributed by atoms with Crippen molar-refractivity contribution in [2.45, 2.75) is 25.3 Å². The average Bonchev–Trinajstić information content (AvgIpc) is 2.76. The molecule has 0 unspecified atom stereocenters. The van der Waals surface area contributed by atoms with Crippen molar-refractivity contribution in [3.05, 3.63) is 71.9 Å². The Morgan fingerprint density at radius 1 is 1.04 bits per heavy atom. The molecule has 5 nitrogen and oxygen atoms in total. The Balaban J connectivity index is 1.46. The fourth-order valence-electron chi connectivity index (χ4n) is 3.67. The molecule has 0 bridgehead atoms. The van der Waals surface area contributed by atoms with Gasteiger partial charge in [0.1, 0.15) is 11.6 Å². The van der Waals surface area contributed by atoms with E-state index in [1.807, 2.05) is 31.3 Å². The van der Waals surface area contributed by atoms with Crippen molar-refractivity contribution in [3.63, 3.8) is 0 Å². The molecule has 2 aromatic heterocycles. The van der Waals surface area contributed by atoms with E-state index in [0.717, 1.165) is 60.9 Å². The van der Waals surface area contributed by atoms with Crippen molar-refractivity contribution < 1.29 is 4.39 Å². The highest BCUT2D eigenvalue weighted by atomic mass is 19.1. The zero-order valence-electron chi connectivity index (χ0n) is 16.0. The predicted octanol–water partition coefficient (Wildman–Crippen LogP) is 4.10. The maximum Gasteiger partial charge on any atom is 0.161 e. The Bertz CT molecular complexity index is 906. The van der Waals surface area contributed by atoms with Crippen LogP contribution in [0.25, 0.3) is 11.4 Å². The lowest BCUT2D eigenvalue weighted by atomic mass is 9.92. The number of pyridine rings is 1. The molecule has 1 saturated heterocycles. The number of aromatic nitrogens is 3. The third-order valence-corrected chi connectivity index (χ3v) is 5.27. The van der Waals surface area contributed by atoms with Crippen LogP contribution in [-0.2, 0) is 6.54 Å². The summed E-state index contributed by atoms with van der Waals surface area (Å²) >= 11 is 0. The Hall–Kier alpha value is -2.86. The Morgan fingerprint density at radius 3 is 2.43 bits per heavy atom. The van der Waals surface area contributed by atoms with E-state index >= 15 is 0 Å². The summed E-state index contributed by atoms with van der Waals surface area (Å²) < 4.78 is 13.1. The lowest BCUT2D eigenvalue weighted by molar-refractivity contribution is 0.203. The molecule has 0 aliphatic carbocycles. The summed E-state index contributed by atoms with van der Waals surface area (Å²) in [5, 5.41) is 3.15. The van der Waals surface area contributed by atoms with Gasteiger partial charge in [-0.25, -0.2) is 14.4 Å². The lowest BCUT2D eigenvalue weighted by Crippen LogP contribution is -2.32. The minimum absolute atomic E-state index is 0.184. The molecule has 144 valence electrons. The predicted molar refractivity (Wildman–Crippen MR) is 108 cm³/mol. The molecular formula is C22H24FN5. The van der Waals surface area contributed by atoms with Gasteiger partial charge in [-0.2, -0.15) is 0 Å². The monoisotopic (exact) mass is 377 g/mol. The van der Waals surface area contributed by atoms with Crippen molar-refractivity contribution >= 4 is 5.82 Å². The molecule has 3 heterocycles. The number of hydrogen-bond acceptors (Lipinski definition) is 5. The van der Waals surface area contributed by atoms with E-state index in [2.05, 4.69) is 26.3 Å². The number of likely N-dealkylation sites (tertiary alicyclic amines) is 1. The maximum atomic E-state index is 13.1. The van der Waals surface area contributed by atoms with Gasteiger partial charge in [0.25, 0.3) is 0 Å². The van der Waals surface area contributed by atoms with E-state index in [4.69, 9.17) is 4.98 Å². The first-order valence-electron chi connectivity index (χ1n) is 9.65. The summed E-state index contributed by atoms with van der Waals surface area (Å²) in [6, 6.07) is 12.7. The molecule has 1 aliphatic heterocycles. The summed E-state index contributed by atoms with van der Waals surface area (Å²) in [7, 11) is 1.88. The fraction of sp³-hybridized carbons (Fsp3) is 0.318. The molecule has 28 heavy (non-hydrogen) atoms. The first kappa shape index (κ1) is 18.5. The first-order chi connectivity index (χ1) is 13.7. The van der Waals surface area contributed by atoms with Crippen molar-refractivity contribution in [2.24, 2.45) is 0 Å². The van der Waals surface area contributed by atoms with Gasteiger partial charge < -0.3 is 5.32 Å². The summed E-state index contributed by atoms with van der Waals surface area (Å²) in [4.78, 5) is 16.0.